The lowest BCUT2D eigenvalue weighted by Crippen LogP contribution is -2.23. The fourth-order valence-corrected chi connectivity index (χ4v) is 4.56. The Kier molecular flexibility index (Phi) is 4.82. The van der Waals surface area contributed by atoms with Crippen LogP contribution >= 0.6 is 11.3 Å². The molecule has 0 radical (unpaired) electrons. The molecule has 0 bridgehead atoms. The minimum absolute atomic E-state index is 0.258. The van der Waals surface area contributed by atoms with Crippen LogP contribution in [0.4, 0.5) is 0 Å². The van der Waals surface area contributed by atoms with Gasteiger partial charge < -0.3 is 18.6 Å². The van der Waals surface area contributed by atoms with Gasteiger partial charge in [0.1, 0.15) is 5.58 Å². The molecule has 5 aromatic rings. The molecule has 3 aromatic heterocycles. The predicted molar refractivity (Wildman–Crippen MR) is 122 cm³/mol. The molecule has 0 aliphatic rings. The van der Waals surface area contributed by atoms with Gasteiger partial charge in [0.2, 0.25) is 16.5 Å². The van der Waals surface area contributed by atoms with Crippen LogP contribution in [0.2, 0.25) is 0 Å². The predicted octanol–water partition coefficient (Wildman–Crippen LogP) is 3.45. The van der Waals surface area contributed by atoms with Gasteiger partial charge in [-0.25, -0.2) is 0 Å². The van der Waals surface area contributed by atoms with Crippen molar-refractivity contribution in [2.24, 2.45) is 0 Å². The molecule has 0 aliphatic carbocycles. The molecular weight excluding hydrogens is 430 g/mol. The summed E-state index contributed by atoms with van der Waals surface area (Å²) in [5.41, 5.74) is 2.17. The number of para-hydroxylation sites is 1. The Balaban J connectivity index is 1.61. The van der Waals surface area contributed by atoms with Crippen molar-refractivity contribution in [3.63, 3.8) is 0 Å². The van der Waals surface area contributed by atoms with Crippen molar-refractivity contribution < 1.29 is 18.6 Å². The zero-order chi connectivity index (χ0) is 22.4. The van der Waals surface area contributed by atoms with E-state index in [-0.39, 0.29) is 5.56 Å². The van der Waals surface area contributed by atoms with Crippen LogP contribution in [0.3, 0.4) is 0 Å². The summed E-state index contributed by atoms with van der Waals surface area (Å²) in [5, 5.41) is 5.42. The number of hydrogen-bond donors (Lipinski definition) is 0. The maximum Gasteiger partial charge on any atom is 0.291 e. The summed E-state index contributed by atoms with van der Waals surface area (Å²) in [5.74, 6) is 2.46. The summed E-state index contributed by atoms with van der Waals surface area (Å²) in [6.45, 7) is 1.96. The molecule has 5 rings (SSSR count). The van der Waals surface area contributed by atoms with Crippen LogP contribution < -0.4 is 24.3 Å². The second kappa shape index (κ2) is 7.69. The summed E-state index contributed by atoms with van der Waals surface area (Å²) in [6, 6.07) is 11.3. The lowest BCUT2D eigenvalue weighted by molar-refractivity contribution is 0.324. The summed E-state index contributed by atoms with van der Waals surface area (Å²) in [6.07, 6.45) is 1.75. The Bertz CT molecular complexity index is 1560. The highest BCUT2D eigenvalue weighted by Gasteiger charge is 2.19. The quantitative estimate of drug-likeness (QED) is 0.406. The van der Waals surface area contributed by atoms with Crippen molar-refractivity contribution in [3.8, 4) is 28.8 Å². The van der Waals surface area contributed by atoms with Crippen molar-refractivity contribution in [2.75, 3.05) is 21.3 Å². The molecule has 162 valence electrons. The second-order valence-corrected chi connectivity index (χ2v) is 8.07. The number of benzene rings is 2. The van der Waals surface area contributed by atoms with Crippen LogP contribution in [0.5, 0.6) is 17.2 Å². The highest BCUT2D eigenvalue weighted by Crippen LogP contribution is 2.38. The van der Waals surface area contributed by atoms with Gasteiger partial charge in [0, 0.05) is 10.9 Å². The van der Waals surface area contributed by atoms with Gasteiger partial charge in [-0.05, 0) is 36.8 Å². The lowest BCUT2D eigenvalue weighted by atomic mass is 10.1. The van der Waals surface area contributed by atoms with Gasteiger partial charge >= 0.3 is 0 Å². The van der Waals surface area contributed by atoms with E-state index < -0.39 is 0 Å². The van der Waals surface area contributed by atoms with Crippen LogP contribution in [-0.4, -0.2) is 35.9 Å². The molecule has 0 atom stereocenters. The van der Waals surface area contributed by atoms with E-state index in [0.717, 1.165) is 22.1 Å². The first-order valence-corrected chi connectivity index (χ1v) is 10.6. The average molecular weight is 449 g/mol. The van der Waals surface area contributed by atoms with E-state index in [1.165, 1.54) is 15.9 Å². The van der Waals surface area contributed by atoms with Gasteiger partial charge in [-0.1, -0.05) is 29.5 Å². The zero-order valence-electron chi connectivity index (χ0n) is 17.8. The van der Waals surface area contributed by atoms with Crippen molar-refractivity contribution in [1.82, 2.24) is 14.6 Å². The van der Waals surface area contributed by atoms with E-state index in [4.69, 9.17) is 18.6 Å². The Morgan fingerprint density at radius 3 is 2.41 bits per heavy atom. The van der Waals surface area contributed by atoms with Crippen LogP contribution in [0.1, 0.15) is 11.1 Å². The molecule has 0 spiro atoms. The van der Waals surface area contributed by atoms with E-state index in [9.17, 15) is 4.79 Å². The molecule has 0 amide bonds. The standard InChI is InChI=1S/C23H19N3O5S/c1-12-14-7-5-6-8-15(14)31-19(12)21-24-23-26(25-21)22(27)18(32-23)11-13-9-16(28-2)20(30-4)17(10-13)29-3/h5-11H,1-4H3/b18-11+. The molecule has 0 unspecified atom stereocenters. The van der Waals surface area contributed by atoms with Crippen molar-refractivity contribution in [2.45, 2.75) is 6.92 Å². The monoisotopic (exact) mass is 449 g/mol. The Morgan fingerprint density at radius 2 is 1.78 bits per heavy atom. The Morgan fingerprint density at radius 1 is 1.06 bits per heavy atom. The SMILES string of the molecule is COc1cc(/C=c2/sc3nc(-c4oc5ccccc5c4C)nn3c2=O)cc(OC)c1OC. The van der Waals surface area contributed by atoms with Crippen molar-refractivity contribution >= 4 is 33.3 Å². The molecule has 2 aromatic carbocycles. The minimum atomic E-state index is -0.258. The van der Waals surface area contributed by atoms with E-state index in [2.05, 4.69) is 10.1 Å². The van der Waals surface area contributed by atoms with Crippen LogP contribution in [0.25, 0.3) is 33.6 Å². The summed E-state index contributed by atoms with van der Waals surface area (Å²) < 4.78 is 23.9. The summed E-state index contributed by atoms with van der Waals surface area (Å²) >= 11 is 1.25. The fraction of sp³-hybridized carbons (Fsp3) is 0.174. The van der Waals surface area contributed by atoms with E-state index >= 15 is 0 Å². The number of nitrogens with zero attached hydrogens (tertiary/aromatic N) is 3. The van der Waals surface area contributed by atoms with E-state index in [0.29, 0.717) is 38.3 Å². The number of hydrogen-bond acceptors (Lipinski definition) is 8. The van der Waals surface area contributed by atoms with Crippen LogP contribution in [0.15, 0.2) is 45.6 Å². The molecule has 32 heavy (non-hydrogen) atoms. The van der Waals surface area contributed by atoms with Crippen molar-refractivity contribution in [1.29, 1.82) is 0 Å². The Hall–Kier alpha value is -3.85. The van der Waals surface area contributed by atoms with Crippen molar-refractivity contribution in [3.05, 3.63) is 62.4 Å². The third-order valence-corrected chi connectivity index (χ3v) is 6.17. The number of furan rings is 1. The number of aromatic nitrogens is 3. The summed E-state index contributed by atoms with van der Waals surface area (Å²) in [7, 11) is 4.64. The second-order valence-electron chi connectivity index (χ2n) is 7.06. The number of methoxy groups -OCH3 is 3. The largest absolute Gasteiger partial charge is 0.493 e. The van der Waals surface area contributed by atoms with E-state index in [1.807, 2.05) is 31.2 Å². The maximum absolute atomic E-state index is 13.0. The number of aryl methyl sites for hydroxylation is 1. The summed E-state index contributed by atoms with van der Waals surface area (Å²) in [4.78, 5) is 18.0. The van der Waals surface area contributed by atoms with Gasteiger partial charge in [-0.3, -0.25) is 4.79 Å². The lowest BCUT2D eigenvalue weighted by Gasteiger charge is -2.12. The molecule has 3 heterocycles. The molecule has 0 saturated carbocycles. The molecular formula is C23H19N3O5S. The molecule has 0 N–H and O–H groups in total. The fourth-order valence-electron chi connectivity index (χ4n) is 3.65. The molecule has 0 aliphatic heterocycles. The number of rotatable bonds is 5. The maximum atomic E-state index is 13.0. The number of thiazole rings is 1. The minimum Gasteiger partial charge on any atom is -0.493 e. The third-order valence-electron chi connectivity index (χ3n) is 5.21. The molecule has 8 nitrogen and oxygen atoms in total. The van der Waals surface area contributed by atoms with E-state index in [1.54, 1.807) is 39.5 Å². The zero-order valence-corrected chi connectivity index (χ0v) is 18.6. The highest BCUT2D eigenvalue weighted by molar-refractivity contribution is 7.15. The first-order valence-electron chi connectivity index (χ1n) is 9.74. The highest BCUT2D eigenvalue weighted by atomic mass is 32.1. The Labute approximate surface area is 186 Å². The van der Waals surface area contributed by atoms with Gasteiger partial charge in [0.05, 0.1) is 25.9 Å². The smallest absolute Gasteiger partial charge is 0.291 e. The molecule has 9 heteroatoms. The first-order chi connectivity index (χ1) is 15.5. The van der Waals surface area contributed by atoms with Gasteiger partial charge in [0.25, 0.3) is 5.56 Å². The topological polar surface area (TPSA) is 88.1 Å². The van der Waals surface area contributed by atoms with Gasteiger partial charge in [-0.15, -0.1) is 5.10 Å². The average Bonchev–Trinajstić information content (AvgIpc) is 3.46. The normalized spacial score (nSPS) is 12.1. The van der Waals surface area contributed by atoms with Crippen LogP contribution in [-0.2, 0) is 0 Å². The number of fused-ring (bicyclic) bond motifs is 2. The molecule has 0 fully saturated rings. The van der Waals surface area contributed by atoms with Crippen LogP contribution in [0, 0.1) is 6.92 Å². The number of ether oxygens (including phenoxy) is 3. The van der Waals surface area contributed by atoms with Gasteiger partial charge in [0.15, 0.2) is 17.3 Å². The first kappa shape index (κ1) is 20.1. The molecule has 0 saturated heterocycles. The third kappa shape index (κ3) is 3.09. The van der Waals surface area contributed by atoms with Gasteiger partial charge in [-0.2, -0.15) is 9.50 Å².